The predicted molar refractivity (Wildman–Crippen MR) is 59.9 cm³/mol. The Labute approximate surface area is 93.8 Å². The van der Waals surface area contributed by atoms with Gasteiger partial charge in [0, 0.05) is 0 Å². The minimum absolute atomic E-state index is 0.0335. The highest BCUT2D eigenvalue weighted by molar-refractivity contribution is 5.51. The Morgan fingerprint density at radius 3 is 2.19 bits per heavy atom. The maximum absolute atomic E-state index is 12.4. The van der Waals surface area contributed by atoms with Gasteiger partial charge in [-0.25, -0.2) is 0 Å². The first-order valence-corrected chi connectivity index (χ1v) is 5.05. The third-order valence-electron chi connectivity index (χ3n) is 1.99. The zero-order valence-corrected chi connectivity index (χ0v) is 9.60. The molecule has 0 saturated heterocycles. The molecule has 0 heterocycles. The molecule has 0 unspecified atom stereocenters. The van der Waals surface area contributed by atoms with Crippen LogP contribution < -0.4 is 0 Å². The van der Waals surface area contributed by atoms with Crippen LogP contribution in [0.15, 0.2) is 30.3 Å². The van der Waals surface area contributed by atoms with E-state index >= 15 is 0 Å². The fourth-order valence-electron chi connectivity index (χ4n) is 1.16. The smallest absolute Gasteiger partial charge is 0.166 e. The van der Waals surface area contributed by atoms with Crippen LogP contribution in [-0.4, -0.2) is 0 Å². The van der Waals surface area contributed by atoms with Crippen LogP contribution >= 0.6 is 0 Å². The molecule has 0 N–H and O–H groups in total. The maximum Gasteiger partial charge on any atom is 0.416 e. The number of benzene rings is 1. The number of halogens is 3. The molecule has 88 valence electrons. The highest BCUT2D eigenvalue weighted by Gasteiger charge is 2.30. The van der Waals surface area contributed by atoms with Crippen LogP contribution in [-0.2, 0) is 6.18 Å². The van der Waals surface area contributed by atoms with Crippen molar-refractivity contribution in [3.8, 4) is 0 Å². The summed E-state index contributed by atoms with van der Waals surface area (Å²) in [5.41, 5.74) is -0.0675. The summed E-state index contributed by atoms with van der Waals surface area (Å²) in [6.07, 6.45) is -0.663. The topological polar surface area (TPSA) is 0 Å². The fraction of sp³-hybridized carbons (Fsp3) is 0.385. The molecule has 0 aliphatic rings. The van der Waals surface area contributed by atoms with Crippen molar-refractivity contribution in [1.82, 2.24) is 0 Å². The average Bonchev–Trinajstić information content (AvgIpc) is 2.13. The van der Waals surface area contributed by atoms with E-state index < -0.39 is 11.7 Å². The molecule has 0 saturated carbocycles. The fourth-order valence-corrected chi connectivity index (χ4v) is 1.16. The second-order valence-corrected chi connectivity index (χ2v) is 4.82. The third kappa shape index (κ3) is 4.09. The lowest BCUT2D eigenvalue weighted by molar-refractivity contribution is -0.137. The number of allylic oxidation sites excluding steroid dienone is 1. The SMILES string of the molecule is CC(C)(C)/C=C/c1cccc(C(F)(F)F)c1. The van der Waals surface area contributed by atoms with E-state index in [9.17, 15) is 13.2 Å². The summed E-state index contributed by atoms with van der Waals surface area (Å²) in [4.78, 5) is 0. The van der Waals surface area contributed by atoms with Gasteiger partial charge in [-0.15, -0.1) is 0 Å². The molecular weight excluding hydrogens is 213 g/mol. The van der Waals surface area contributed by atoms with Crippen LogP contribution in [0, 0.1) is 5.41 Å². The monoisotopic (exact) mass is 228 g/mol. The number of alkyl halides is 3. The van der Waals surface area contributed by atoms with Gasteiger partial charge in [0.1, 0.15) is 0 Å². The summed E-state index contributed by atoms with van der Waals surface area (Å²) in [5, 5.41) is 0. The standard InChI is InChI=1S/C13H15F3/c1-12(2,3)8-7-10-5-4-6-11(9-10)13(14,15)16/h4-9H,1-3H3/b8-7+. The number of hydrogen-bond acceptors (Lipinski definition) is 0. The molecule has 16 heavy (non-hydrogen) atoms. The molecule has 0 nitrogen and oxygen atoms in total. The van der Waals surface area contributed by atoms with E-state index in [0.29, 0.717) is 5.56 Å². The molecule has 0 spiro atoms. The zero-order valence-electron chi connectivity index (χ0n) is 9.60. The van der Waals surface area contributed by atoms with Gasteiger partial charge in [-0.2, -0.15) is 13.2 Å². The lowest BCUT2D eigenvalue weighted by Crippen LogP contribution is -2.04. The first-order valence-electron chi connectivity index (χ1n) is 5.05. The van der Waals surface area contributed by atoms with Crippen LogP contribution in [0.4, 0.5) is 13.2 Å². The molecule has 0 atom stereocenters. The van der Waals surface area contributed by atoms with E-state index in [0.717, 1.165) is 12.1 Å². The molecule has 1 aromatic carbocycles. The minimum atomic E-state index is -4.27. The molecule has 0 amide bonds. The summed E-state index contributed by atoms with van der Waals surface area (Å²) in [6, 6.07) is 5.32. The molecular formula is C13H15F3. The van der Waals surface area contributed by atoms with Gasteiger partial charge in [-0.3, -0.25) is 0 Å². The number of hydrogen-bond donors (Lipinski definition) is 0. The van der Waals surface area contributed by atoms with Crippen molar-refractivity contribution in [1.29, 1.82) is 0 Å². The summed E-state index contributed by atoms with van der Waals surface area (Å²) < 4.78 is 37.3. The second-order valence-electron chi connectivity index (χ2n) is 4.82. The summed E-state index contributed by atoms with van der Waals surface area (Å²) in [6.45, 7) is 5.99. The minimum Gasteiger partial charge on any atom is -0.166 e. The van der Waals surface area contributed by atoms with Gasteiger partial charge in [-0.05, 0) is 23.1 Å². The largest absolute Gasteiger partial charge is 0.416 e. The van der Waals surface area contributed by atoms with Gasteiger partial charge in [-0.1, -0.05) is 45.1 Å². The van der Waals surface area contributed by atoms with Crippen molar-refractivity contribution < 1.29 is 13.2 Å². The molecule has 3 heteroatoms. The van der Waals surface area contributed by atoms with Gasteiger partial charge in [0.05, 0.1) is 5.56 Å². The van der Waals surface area contributed by atoms with Crippen LogP contribution in [0.3, 0.4) is 0 Å². The Balaban J connectivity index is 2.96. The Morgan fingerprint density at radius 1 is 1.06 bits per heavy atom. The Bertz CT molecular complexity index is 381. The van der Waals surface area contributed by atoms with Crippen molar-refractivity contribution >= 4 is 6.08 Å². The van der Waals surface area contributed by atoms with Crippen molar-refractivity contribution in [2.75, 3.05) is 0 Å². The molecule has 1 rings (SSSR count). The predicted octanol–water partition coefficient (Wildman–Crippen LogP) is 4.76. The van der Waals surface area contributed by atoms with Crippen LogP contribution in [0.1, 0.15) is 31.9 Å². The van der Waals surface area contributed by atoms with E-state index in [1.165, 1.54) is 6.07 Å². The van der Waals surface area contributed by atoms with E-state index in [-0.39, 0.29) is 5.41 Å². The van der Waals surface area contributed by atoms with E-state index in [1.54, 1.807) is 12.1 Å². The van der Waals surface area contributed by atoms with Crippen molar-refractivity contribution in [2.45, 2.75) is 26.9 Å². The van der Waals surface area contributed by atoms with Crippen LogP contribution in [0.25, 0.3) is 6.08 Å². The molecule has 1 aromatic rings. The molecule has 0 radical (unpaired) electrons. The van der Waals surface area contributed by atoms with Gasteiger partial charge < -0.3 is 0 Å². The van der Waals surface area contributed by atoms with E-state index in [4.69, 9.17) is 0 Å². The first-order chi connectivity index (χ1) is 7.18. The molecule has 0 aliphatic heterocycles. The Morgan fingerprint density at radius 2 is 1.69 bits per heavy atom. The first kappa shape index (κ1) is 12.8. The van der Waals surface area contributed by atoms with Gasteiger partial charge in [0.15, 0.2) is 0 Å². The highest BCUT2D eigenvalue weighted by Crippen LogP contribution is 2.30. The third-order valence-corrected chi connectivity index (χ3v) is 1.99. The molecule has 0 fully saturated rings. The van der Waals surface area contributed by atoms with Crippen molar-refractivity contribution in [3.05, 3.63) is 41.5 Å². The molecule has 0 aliphatic carbocycles. The van der Waals surface area contributed by atoms with E-state index in [1.807, 2.05) is 26.8 Å². The molecule has 0 aromatic heterocycles. The molecule has 0 bridgehead atoms. The van der Waals surface area contributed by atoms with E-state index in [2.05, 4.69) is 0 Å². The summed E-state index contributed by atoms with van der Waals surface area (Å²) in [5.74, 6) is 0. The maximum atomic E-state index is 12.4. The second kappa shape index (κ2) is 4.32. The average molecular weight is 228 g/mol. The van der Waals surface area contributed by atoms with Crippen molar-refractivity contribution in [2.24, 2.45) is 5.41 Å². The Kier molecular flexibility index (Phi) is 3.46. The lowest BCUT2D eigenvalue weighted by atomic mass is 9.95. The quantitative estimate of drug-likeness (QED) is 0.649. The van der Waals surface area contributed by atoms with Gasteiger partial charge in [0.25, 0.3) is 0 Å². The highest BCUT2D eigenvalue weighted by atomic mass is 19.4. The normalized spacial score (nSPS) is 13.4. The van der Waals surface area contributed by atoms with Crippen LogP contribution in [0.2, 0.25) is 0 Å². The summed E-state index contributed by atoms with van der Waals surface area (Å²) in [7, 11) is 0. The summed E-state index contributed by atoms with van der Waals surface area (Å²) >= 11 is 0. The number of rotatable bonds is 1. The van der Waals surface area contributed by atoms with Crippen molar-refractivity contribution in [3.63, 3.8) is 0 Å². The lowest BCUT2D eigenvalue weighted by Gasteiger charge is -2.11. The van der Waals surface area contributed by atoms with Gasteiger partial charge in [0.2, 0.25) is 0 Å². The van der Waals surface area contributed by atoms with Gasteiger partial charge >= 0.3 is 6.18 Å². The zero-order chi connectivity index (χ0) is 12.4. The Hall–Kier alpha value is -1.25. The van der Waals surface area contributed by atoms with Crippen LogP contribution in [0.5, 0.6) is 0 Å².